The molecule has 1 N–H and O–H groups in total. The van der Waals surface area contributed by atoms with Crippen LogP contribution in [0.25, 0.3) is 0 Å². The summed E-state index contributed by atoms with van der Waals surface area (Å²) in [5.41, 5.74) is 0.192. The van der Waals surface area contributed by atoms with Crippen molar-refractivity contribution >= 4 is 18.6 Å². The first-order valence-electron chi connectivity index (χ1n) is 2.71. The van der Waals surface area contributed by atoms with Gasteiger partial charge in [-0.25, -0.2) is 4.79 Å². The van der Waals surface area contributed by atoms with E-state index < -0.39 is 5.97 Å². The molecule has 2 nitrogen and oxygen atoms in total. The minimum absolute atomic E-state index is 0.192. The van der Waals surface area contributed by atoms with E-state index in [4.69, 9.17) is 17.7 Å². The second-order valence-electron chi connectivity index (χ2n) is 1.80. The Kier molecular flexibility index (Phi) is 1.87. The van der Waals surface area contributed by atoms with Gasteiger partial charge in [-0.2, -0.15) is 4.90 Å². The van der Waals surface area contributed by atoms with E-state index in [9.17, 15) is 4.79 Å². The molecule has 0 aliphatic heterocycles. The van der Waals surface area contributed by atoms with Crippen LogP contribution in [0, 0.1) is 0 Å². The number of carboxylic acids is 1. The van der Waals surface area contributed by atoms with Crippen molar-refractivity contribution in [3.05, 3.63) is 29.8 Å². The van der Waals surface area contributed by atoms with Crippen LogP contribution in [0.2, 0.25) is 0 Å². The molecule has 0 saturated carbocycles. The molecule has 0 fully saturated rings. The molecule has 52 valence electrons. The average Bonchev–Trinajstić information content (AvgIpc) is 1.88. The fourth-order valence-corrected chi connectivity index (χ4v) is 0.877. The Morgan fingerprint density at radius 1 is 1.40 bits per heavy atom. The molecule has 1 aromatic rings. The van der Waals surface area contributed by atoms with E-state index in [0.717, 1.165) is 0 Å². The maximum Gasteiger partial charge on any atom is 0.334 e. The first-order valence-corrected chi connectivity index (χ1v) is 3.12. The van der Waals surface area contributed by atoms with Gasteiger partial charge >= 0.3 is 5.97 Å². The van der Waals surface area contributed by atoms with Gasteiger partial charge in [0.1, 0.15) is 0 Å². The molecule has 0 unspecified atom stereocenters. The van der Waals surface area contributed by atoms with Crippen molar-refractivity contribution in [2.24, 2.45) is 0 Å². The van der Waals surface area contributed by atoms with Gasteiger partial charge in [0.15, 0.2) is 0 Å². The highest BCUT2D eigenvalue weighted by atomic mass is 32.1. The minimum Gasteiger partial charge on any atom is -0.779 e. The Morgan fingerprint density at radius 3 is 2.40 bits per heavy atom. The van der Waals surface area contributed by atoms with Gasteiger partial charge < -0.3 is 17.7 Å². The lowest BCUT2D eigenvalue weighted by molar-refractivity contribution is 0.0693. The zero-order chi connectivity index (χ0) is 7.56. The number of hydrogen-bond acceptors (Lipinski definition) is 2. The lowest BCUT2D eigenvalue weighted by Crippen LogP contribution is -1.97. The van der Waals surface area contributed by atoms with E-state index in [1.807, 2.05) is 0 Å². The summed E-state index contributed by atoms with van der Waals surface area (Å²) in [6.45, 7) is 0. The van der Waals surface area contributed by atoms with Gasteiger partial charge in [-0.3, -0.25) is 0 Å². The van der Waals surface area contributed by atoms with Crippen LogP contribution in [0.1, 0.15) is 10.4 Å². The van der Waals surface area contributed by atoms with Crippen molar-refractivity contribution < 1.29 is 9.90 Å². The molecule has 0 atom stereocenters. The molecular formula is C7H5O2S-. The summed E-state index contributed by atoms with van der Waals surface area (Å²) in [6, 6.07) is 6.46. The van der Waals surface area contributed by atoms with Gasteiger partial charge in [0, 0.05) is 5.56 Å². The van der Waals surface area contributed by atoms with E-state index in [1.165, 1.54) is 6.07 Å². The highest BCUT2D eigenvalue weighted by Crippen LogP contribution is 2.06. The molecule has 0 spiro atoms. The largest absolute Gasteiger partial charge is 0.779 e. The number of carbonyl (C=O) groups is 1. The molecule has 0 bridgehead atoms. The molecule has 0 heterocycles. The molecule has 0 aromatic heterocycles. The van der Waals surface area contributed by atoms with E-state index in [2.05, 4.69) is 0 Å². The Hall–Kier alpha value is -1.09. The van der Waals surface area contributed by atoms with Crippen LogP contribution < -0.4 is 0 Å². The van der Waals surface area contributed by atoms with E-state index in [0.29, 0.717) is 4.90 Å². The Balaban J connectivity index is 3.15. The molecule has 10 heavy (non-hydrogen) atoms. The second kappa shape index (κ2) is 2.66. The van der Waals surface area contributed by atoms with Crippen molar-refractivity contribution in [1.29, 1.82) is 0 Å². The standard InChI is InChI=1S/C7H6O2S/c8-7(9)5-3-1-2-4-6(5)10/h1-4,10H,(H,8,9)/p-1. The summed E-state index contributed by atoms with van der Waals surface area (Å²) < 4.78 is 0. The highest BCUT2D eigenvalue weighted by Gasteiger charge is 1.98. The third kappa shape index (κ3) is 1.25. The molecule has 3 heteroatoms. The molecule has 0 saturated heterocycles. The predicted octanol–water partition coefficient (Wildman–Crippen LogP) is 1.29. The Morgan fingerprint density at radius 2 is 2.00 bits per heavy atom. The van der Waals surface area contributed by atoms with Gasteiger partial charge in [-0.1, -0.05) is 18.2 Å². The SMILES string of the molecule is O=C(O)c1ccccc1[S-]. The van der Waals surface area contributed by atoms with Crippen molar-refractivity contribution in [2.75, 3.05) is 0 Å². The lowest BCUT2D eigenvalue weighted by atomic mass is 10.2. The smallest absolute Gasteiger partial charge is 0.334 e. The number of hydrogen-bond donors (Lipinski definition) is 1. The van der Waals surface area contributed by atoms with Gasteiger partial charge in [0.05, 0.1) is 0 Å². The molecule has 0 amide bonds. The van der Waals surface area contributed by atoms with Crippen LogP contribution in [0.4, 0.5) is 0 Å². The topological polar surface area (TPSA) is 37.3 Å². The van der Waals surface area contributed by atoms with E-state index in [1.54, 1.807) is 18.2 Å². The zero-order valence-electron chi connectivity index (χ0n) is 5.07. The minimum atomic E-state index is -0.967. The number of aromatic carboxylic acids is 1. The van der Waals surface area contributed by atoms with Gasteiger partial charge in [0.25, 0.3) is 0 Å². The summed E-state index contributed by atoms with van der Waals surface area (Å²) in [4.78, 5) is 10.7. The van der Waals surface area contributed by atoms with Crippen LogP contribution in [0.5, 0.6) is 0 Å². The molecule has 1 aromatic carbocycles. The first kappa shape index (κ1) is 7.02. The van der Waals surface area contributed by atoms with Crippen molar-refractivity contribution in [2.45, 2.75) is 4.90 Å². The maximum absolute atomic E-state index is 10.4. The third-order valence-corrected chi connectivity index (χ3v) is 1.47. The van der Waals surface area contributed by atoms with Gasteiger partial charge in [-0.15, -0.1) is 0 Å². The summed E-state index contributed by atoms with van der Waals surface area (Å²) in [5.74, 6) is -0.967. The van der Waals surface area contributed by atoms with Gasteiger partial charge in [-0.05, 0) is 6.07 Å². The molecular weight excluding hydrogens is 148 g/mol. The summed E-state index contributed by atoms with van der Waals surface area (Å²) >= 11 is 4.75. The molecule has 0 aliphatic rings. The summed E-state index contributed by atoms with van der Waals surface area (Å²) in [5, 5.41) is 8.50. The fourth-order valence-electron chi connectivity index (χ4n) is 0.643. The number of rotatable bonds is 1. The molecule has 0 aliphatic carbocycles. The highest BCUT2D eigenvalue weighted by molar-refractivity contribution is 7.58. The Bertz CT molecular complexity index is 258. The fraction of sp³-hybridized carbons (Fsp3) is 0. The monoisotopic (exact) mass is 153 g/mol. The maximum atomic E-state index is 10.4. The molecule has 1 rings (SSSR count). The zero-order valence-corrected chi connectivity index (χ0v) is 5.89. The lowest BCUT2D eigenvalue weighted by Gasteiger charge is -2.07. The quantitative estimate of drug-likeness (QED) is 0.618. The first-order chi connectivity index (χ1) is 4.72. The van der Waals surface area contributed by atoms with Crippen LogP contribution in [0.15, 0.2) is 29.2 Å². The van der Waals surface area contributed by atoms with Crippen molar-refractivity contribution in [3.63, 3.8) is 0 Å². The van der Waals surface area contributed by atoms with Crippen LogP contribution in [-0.2, 0) is 12.6 Å². The van der Waals surface area contributed by atoms with Crippen LogP contribution in [0.3, 0.4) is 0 Å². The van der Waals surface area contributed by atoms with Crippen LogP contribution in [-0.4, -0.2) is 11.1 Å². The van der Waals surface area contributed by atoms with Crippen LogP contribution >= 0.6 is 0 Å². The van der Waals surface area contributed by atoms with E-state index in [-0.39, 0.29) is 5.56 Å². The Labute approximate surface area is 63.9 Å². The van der Waals surface area contributed by atoms with Gasteiger partial charge in [0.2, 0.25) is 0 Å². The predicted molar refractivity (Wildman–Crippen MR) is 39.0 cm³/mol. The second-order valence-corrected chi connectivity index (χ2v) is 2.24. The van der Waals surface area contributed by atoms with Crippen molar-refractivity contribution in [1.82, 2.24) is 0 Å². The molecule has 0 radical (unpaired) electrons. The number of benzene rings is 1. The summed E-state index contributed by atoms with van der Waals surface area (Å²) in [6.07, 6.45) is 0. The average molecular weight is 153 g/mol. The third-order valence-electron chi connectivity index (χ3n) is 1.12. The number of carboxylic acid groups (broad SMARTS) is 1. The van der Waals surface area contributed by atoms with E-state index >= 15 is 0 Å². The normalized spacial score (nSPS) is 9.20. The summed E-state index contributed by atoms with van der Waals surface area (Å²) in [7, 11) is 0. The van der Waals surface area contributed by atoms with Crippen molar-refractivity contribution in [3.8, 4) is 0 Å².